The van der Waals surface area contributed by atoms with Crippen molar-refractivity contribution in [3.8, 4) is 0 Å². The maximum absolute atomic E-state index is 13.2. The van der Waals surface area contributed by atoms with Gasteiger partial charge in [-0.2, -0.15) is 0 Å². The van der Waals surface area contributed by atoms with Crippen molar-refractivity contribution in [3.05, 3.63) is 39.9 Å². The van der Waals surface area contributed by atoms with Gasteiger partial charge in [-0.05, 0) is 74.1 Å². The Labute approximate surface area is 172 Å². The highest BCUT2D eigenvalue weighted by Crippen LogP contribution is 2.65. The van der Waals surface area contributed by atoms with Crippen molar-refractivity contribution < 1.29 is 14.4 Å². The fourth-order valence-corrected chi connectivity index (χ4v) is 6.07. The van der Waals surface area contributed by atoms with Gasteiger partial charge >= 0.3 is 0 Å². The number of amides is 3. The molecule has 0 spiro atoms. The molecule has 0 aromatic heterocycles. The quantitative estimate of drug-likeness (QED) is 0.575. The second kappa shape index (κ2) is 6.02. The minimum Gasteiger partial charge on any atom is -0.324 e. The van der Waals surface area contributed by atoms with E-state index in [1.165, 1.54) is 4.90 Å². The first-order valence-corrected chi connectivity index (χ1v) is 10.7. The molecule has 1 aliphatic heterocycles. The number of nitrogens with one attached hydrogen (secondary N) is 1. The number of imide groups is 1. The first kappa shape index (κ1) is 18.1. The van der Waals surface area contributed by atoms with Crippen LogP contribution in [-0.4, -0.2) is 28.7 Å². The van der Waals surface area contributed by atoms with Gasteiger partial charge in [-0.3, -0.25) is 19.3 Å². The van der Waals surface area contributed by atoms with Gasteiger partial charge < -0.3 is 5.32 Å². The van der Waals surface area contributed by atoms with Crippen LogP contribution in [0.15, 0.2) is 28.8 Å². The number of allylic oxidation sites excluding steroid dienone is 2. The third-order valence-corrected chi connectivity index (χ3v) is 8.30. The predicted octanol–water partition coefficient (Wildman–Crippen LogP) is 3.45. The fourth-order valence-electron chi connectivity index (χ4n) is 5.64. The van der Waals surface area contributed by atoms with Crippen LogP contribution in [0.2, 0.25) is 0 Å². The minimum absolute atomic E-state index is 0.161. The molecule has 7 atom stereocenters. The number of carbonyl (C=O) groups is 3. The summed E-state index contributed by atoms with van der Waals surface area (Å²) in [6.07, 6.45) is 5.43. The lowest BCUT2D eigenvalue weighted by Crippen LogP contribution is -2.46. The van der Waals surface area contributed by atoms with E-state index in [4.69, 9.17) is 0 Å². The van der Waals surface area contributed by atoms with Crippen LogP contribution in [-0.2, 0) is 14.4 Å². The van der Waals surface area contributed by atoms with Crippen LogP contribution in [0.4, 0.5) is 5.69 Å². The number of nitrogens with zero attached hydrogens (tertiary/aromatic N) is 1. The number of carbonyl (C=O) groups excluding carboxylic acids is 3. The van der Waals surface area contributed by atoms with Crippen molar-refractivity contribution in [2.45, 2.75) is 33.2 Å². The van der Waals surface area contributed by atoms with E-state index in [2.05, 4.69) is 33.4 Å². The van der Waals surface area contributed by atoms with Crippen molar-refractivity contribution in [1.29, 1.82) is 0 Å². The molecule has 5 aliphatic rings. The number of likely N-dealkylation sites (tertiary alicyclic amines) is 1. The Hall–Kier alpha value is -1.95. The second-order valence-corrected chi connectivity index (χ2v) is 9.57. The second-order valence-electron chi connectivity index (χ2n) is 8.71. The van der Waals surface area contributed by atoms with Gasteiger partial charge in [0, 0.05) is 10.2 Å². The summed E-state index contributed by atoms with van der Waals surface area (Å²) in [7, 11) is 0. The van der Waals surface area contributed by atoms with Gasteiger partial charge in [0.25, 0.3) is 0 Å². The minimum atomic E-state index is -0.815. The molecule has 146 valence electrons. The third kappa shape index (κ3) is 2.33. The first-order valence-electron chi connectivity index (χ1n) is 9.93. The van der Waals surface area contributed by atoms with Gasteiger partial charge in [0.1, 0.15) is 6.04 Å². The van der Waals surface area contributed by atoms with Crippen LogP contribution in [0.25, 0.3) is 0 Å². The smallest absolute Gasteiger partial charge is 0.247 e. The van der Waals surface area contributed by atoms with E-state index in [9.17, 15) is 14.4 Å². The van der Waals surface area contributed by atoms with Crippen molar-refractivity contribution in [3.63, 3.8) is 0 Å². The molecule has 5 nitrogen and oxygen atoms in total. The Balaban J connectivity index is 1.38. The summed E-state index contributed by atoms with van der Waals surface area (Å²) in [5.41, 5.74) is 2.72. The van der Waals surface area contributed by atoms with Crippen molar-refractivity contribution in [1.82, 2.24) is 4.90 Å². The van der Waals surface area contributed by atoms with E-state index >= 15 is 0 Å². The van der Waals surface area contributed by atoms with Gasteiger partial charge in [-0.15, -0.1) is 0 Å². The number of halogens is 1. The highest BCUT2D eigenvalue weighted by atomic mass is 79.9. The molecule has 1 N–H and O–H groups in total. The first-order chi connectivity index (χ1) is 13.3. The zero-order valence-corrected chi connectivity index (χ0v) is 17.7. The van der Waals surface area contributed by atoms with Gasteiger partial charge in [0.05, 0.1) is 11.8 Å². The Kier molecular flexibility index (Phi) is 3.89. The SMILES string of the molecule is Cc1c(Br)ccc(NC(=O)[C@@H](C)N2C(=O)[C@H]3[C@@H]4C=C[C@H]([C@H]5C[C@H]45)[C@@H]3C2=O)c1C. The number of benzene rings is 1. The van der Waals surface area contributed by atoms with Crippen LogP contribution in [0.1, 0.15) is 24.5 Å². The lowest BCUT2D eigenvalue weighted by atomic mass is 9.63. The largest absolute Gasteiger partial charge is 0.324 e. The number of anilines is 1. The van der Waals surface area contributed by atoms with Crippen molar-refractivity contribution in [2.24, 2.45) is 35.5 Å². The molecule has 1 heterocycles. The summed E-state index contributed by atoms with van der Waals surface area (Å²) < 4.78 is 0.978. The van der Waals surface area contributed by atoms with E-state index in [0.29, 0.717) is 17.5 Å². The molecule has 6 heteroatoms. The van der Waals surface area contributed by atoms with Gasteiger partial charge in [-0.25, -0.2) is 0 Å². The maximum atomic E-state index is 13.2. The van der Waals surface area contributed by atoms with Gasteiger partial charge in [0.2, 0.25) is 17.7 Å². The van der Waals surface area contributed by atoms with Gasteiger partial charge in [0.15, 0.2) is 0 Å². The zero-order chi connectivity index (χ0) is 19.9. The highest BCUT2D eigenvalue weighted by Gasteiger charge is 2.67. The maximum Gasteiger partial charge on any atom is 0.247 e. The molecule has 3 amide bonds. The summed E-state index contributed by atoms with van der Waals surface area (Å²) in [6.45, 7) is 5.57. The Morgan fingerprint density at radius 1 is 1.07 bits per heavy atom. The van der Waals surface area contributed by atoms with Crippen LogP contribution >= 0.6 is 15.9 Å². The fraction of sp³-hybridized carbons (Fsp3) is 0.500. The summed E-state index contributed by atoms with van der Waals surface area (Å²) >= 11 is 3.49. The number of hydrogen-bond acceptors (Lipinski definition) is 3. The molecule has 3 fully saturated rings. The molecular formula is C22H23BrN2O3. The van der Waals surface area contributed by atoms with E-state index in [0.717, 1.165) is 22.0 Å². The monoisotopic (exact) mass is 442 g/mol. The molecule has 1 aromatic rings. The van der Waals surface area contributed by atoms with Crippen LogP contribution in [0.3, 0.4) is 0 Å². The lowest BCUT2D eigenvalue weighted by Gasteiger charge is -2.37. The molecular weight excluding hydrogens is 420 g/mol. The van der Waals surface area contributed by atoms with E-state index in [1.807, 2.05) is 26.0 Å². The molecule has 2 saturated carbocycles. The Bertz CT molecular complexity index is 919. The van der Waals surface area contributed by atoms with Gasteiger partial charge in [-0.1, -0.05) is 28.1 Å². The number of rotatable bonds is 3. The van der Waals surface area contributed by atoms with E-state index in [-0.39, 0.29) is 41.4 Å². The Morgan fingerprint density at radius 3 is 2.21 bits per heavy atom. The average Bonchev–Trinajstić information content (AvgIpc) is 3.45. The topological polar surface area (TPSA) is 66.5 Å². The normalized spacial score (nSPS) is 35.6. The average molecular weight is 443 g/mol. The molecule has 0 radical (unpaired) electrons. The van der Waals surface area contributed by atoms with Crippen LogP contribution in [0, 0.1) is 49.4 Å². The summed E-state index contributed by atoms with van der Waals surface area (Å²) in [4.78, 5) is 40.5. The van der Waals surface area contributed by atoms with Crippen LogP contribution < -0.4 is 5.32 Å². The summed E-state index contributed by atoms with van der Waals surface area (Å²) in [5, 5.41) is 2.91. The number of hydrogen-bond donors (Lipinski definition) is 1. The molecule has 6 rings (SSSR count). The Morgan fingerprint density at radius 2 is 1.64 bits per heavy atom. The molecule has 28 heavy (non-hydrogen) atoms. The molecule has 1 saturated heterocycles. The molecule has 2 bridgehead atoms. The van der Waals surface area contributed by atoms with Crippen molar-refractivity contribution in [2.75, 3.05) is 5.32 Å². The van der Waals surface area contributed by atoms with Crippen LogP contribution in [0.5, 0.6) is 0 Å². The molecule has 4 aliphatic carbocycles. The molecule has 1 aromatic carbocycles. The highest BCUT2D eigenvalue weighted by molar-refractivity contribution is 9.10. The van der Waals surface area contributed by atoms with E-state index < -0.39 is 6.04 Å². The standard InChI is InChI=1S/C22H23BrN2O3/c1-9-10(2)17(7-6-16(9)23)24-20(26)11(3)25-21(27)18-12-4-5-13(15-8-14(12)15)19(18)22(25)28/h4-7,11-15,18-19H,8H2,1-3H3,(H,24,26)/t11-,12-,13-,14-,15-,18+,19+/m1/s1. The predicted molar refractivity (Wildman–Crippen MR) is 108 cm³/mol. The summed E-state index contributed by atoms with van der Waals surface area (Å²) in [5.74, 6) is 0.293. The zero-order valence-electron chi connectivity index (χ0n) is 16.1. The van der Waals surface area contributed by atoms with E-state index in [1.54, 1.807) is 6.92 Å². The molecule has 0 unspecified atom stereocenters. The lowest BCUT2D eigenvalue weighted by molar-refractivity contribution is -0.146. The summed E-state index contributed by atoms with van der Waals surface area (Å²) in [6, 6.07) is 2.91. The third-order valence-electron chi connectivity index (χ3n) is 7.44. The van der Waals surface area contributed by atoms with Crippen molar-refractivity contribution >= 4 is 39.3 Å².